The molecule has 1 aromatic rings. The molecule has 106 valence electrons. The molecule has 0 radical (unpaired) electrons. The van der Waals surface area contributed by atoms with E-state index in [-0.39, 0.29) is 23.5 Å². The van der Waals surface area contributed by atoms with Gasteiger partial charge in [0.25, 0.3) is 0 Å². The summed E-state index contributed by atoms with van der Waals surface area (Å²) in [5.41, 5.74) is 7.03. The Morgan fingerprint density at radius 3 is 2.58 bits per heavy atom. The summed E-state index contributed by atoms with van der Waals surface area (Å²) in [6.07, 6.45) is 0.610. The van der Waals surface area contributed by atoms with E-state index in [4.69, 9.17) is 15.2 Å². The highest BCUT2D eigenvalue weighted by Gasteiger charge is 2.33. The lowest BCUT2D eigenvalue weighted by Gasteiger charge is -2.21. The van der Waals surface area contributed by atoms with Crippen molar-refractivity contribution in [3.63, 3.8) is 0 Å². The smallest absolute Gasteiger partial charge is 0.150 e. The van der Waals surface area contributed by atoms with Crippen molar-refractivity contribution in [2.45, 2.75) is 12.5 Å². The fourth-order valence-electron chi connectivity index (χ4n) is 2.45. The van der Waals surface area contributed by atoms with Crippen LogP contribution in [0.4, 0.5) is 0 Å². The molecule has 2 atom stereocenters. The van der Waals surface area contributed by atoms with Gasteiger partial charge in [-0.1, -0.05) is 6.07 Å². The van der Waals surface area contributed by atoms with Crippen LogP contribution in [0.1, 0.15) is 18.0 Å². The van der Waals surface area contributed by atoms with Crippen molar-refractivity contribution in [3.05, 3.63) is 23.8 Å². The van der Waals surface area contributed by atoms with E-state index in [1.54, 1.807) is 26.4 Å². The second-order valence-corrected chi connectivity index (χ2v) is 7.03. The average molecular weight is 285 g/mol. The van der Waals surface area contributed by atoms with Gasteiger partial charge < -0.3 is 15.2 Å². The van der Waals surface area contributed by atoms with E-state index in [1.165, 1.54) is 0 Å². The molecular formula is C13H19NO4S. The summed E-state index contributed by atoms with van der Waals surface area (Å²) in [5.74, 6) is 1.66. The molecule has 2 unspecified atom stereocenters. The molecule has 1 saturated heterocycles. The molecular weight excluding hydrogens is 266 g/mol. The maximum Gasteiger partial charge on any atom is 0.150 e. The molecule has 1 aliphatic rings. The van der Waals surface area contributed by atoms with Gasteiger partial charge in [-0.3, -0.25) is 0 Å². The molecule has 0 amide bonds. The number of sulfone groups is 1. The van der Waals surface area contributed by atoms with Crippen molar-refractivity contribution in [2.24, 2.45) is 11.7 Å². The number of methoxy groups -OCH3 is 2. The number of nitrogens with two attached hydrogens (primary N) is 1. The normalized spacial score (nSPS) is 23.0. The van der Waals surface area contributed by atoms with Crippen LogP contribution in [-0.2, 0) is 9.84 Å². The summed E-state index contributed by atoms with van der Waals surface area (Å²) in [5, 5.41) is 0. The van der Waals surface area contributed by atoms with Crippen molar-refractivity contribution in [1.29, 1.82) is 0 Å². The van der Waals surface area contributed by atoms with Crippen LogP contribution < -0.4 is 15.2 Å². The molecule has 1 aliphatic heterocycles. The van der Waals surface area contributed by atoms with Crippen LogP contribution in [0.2, 0.25) is 0 Å². The van der Waals surface area contributed by atoms with Gasteiger partial charge in [-0.25, -0.2) is 8.42 Å². The topological polar surface area (TPSA) is 78.6 Å². The summed E-state index contributed by atoms with van der Waals surface area (Å²) in [6, 6.07) is 5.07. The summed E-state index contributed by atoms with van der Waals surface area (Å²) < 4.78 is 33.5. The maximum absolute atomic E-state index is 11.5. The van der Waals surface area contributed by atoms with Crippen molar-refractivity contribution in [1.82, 2.24) is 0 Å². The molecule has 6 heteroatoms. The van der Waals surface area contributed by atoms with Crippen LogP contribution in [0.15, 0.2) is 18.2 Å². The van der Waals surface area contributed by atoms with Gasteiger partial charge in [0.1, 0.15) is 11.5 Å². The van der Waals surface area contributed by atoms with Crippen LogP contribution in [0.3, 0.4) is 0 Å². The van der Waals surface area contributed by atoms with E-state index in [0.717, 1.165) is 5.56 Å². The highest BCUT2D eigenvalue weighted by molar-refractivity contribution is 7.91. The fraction of sp³-hybridized carbons (Fsp3) is 0.538. The Balaban J connectivity index is 2.26. The Hall–Kier alpha value is -1.27. The van der Waals surface area contributed by atoms with Crippen molar-refractivity contribution >= 4 is 9.84 Å². The molecule has 19 heavy (non-hydrogen) atoms. The van der Waals surface area contributed by atoms with E-state index >= 15 is 0 Å². The number of ether oxygens (including phenoxy) is 2. The van der Waals surface area contributed by atoms with Crippen LogP contribution >= 0.6 is 0 Å². The highest BCUT2D eigenvalue weighted by atomic mass is 32.2. The predicted molar refractivity (Wildman–Crippen MR) is 73.2 cm³/mol. The van der Waals surface area contributed by atoms with Crippen LogP contribution in [0, 0.1) is 5.92 Å². The first-order valence-electron chi connectivity index (χ1n) is 6.15. The standard InChI is InChI=1S/C13H19NO4S/c1-17-10-3-4-11(12(7-10)18-2)13(14)9-5-6-19(15,16)8-9/h3-4,7,9,13H,5-6,8,14H2,1-2H3. The van der Waals surface area contributed by atoms with Crippen LogP contribution in [-0.4, -0.2) is 34.1 Å². The monoisotopic (exact) mass is 285 g/mol. The Morgan fingerprint density at radius 2 is 2.05 bits per heavy atom. The third kappa shape index (κ3) is 3.01. The second kappa shape index (κ2) is 5.38. The van der Waals surface area contributed by atoms with Gasteiger partial charge in [0.15, 0.2) is 9.84 Å². The first kappa shape index (κ1) is 14.1. The van der Waals surface area contributed by atoms with Gasteiger partial charge in [-0.2, -0.15) is 0 Å². The Kier molecular flexibility index (Phi) is 4.01. The first-order chi connectivity index (χ1) is 8.96. The lowest BCUT2D eigenvalue weighted by molar-refractivity contribution is 0.380. The predicted octanol–water partition coefficient (Wildman–Crippen LogP) is 1.14. The van der Waals surface area contributed by atoms with Crippen LogP contribution in [0.25, 0.3) is 0 Å². The van der Waals surface area contributed by atoms with Crippen molar-refractivity contribution in [3.8, 4) is 11.5 Å². The summed E-state index contributed by atoms with van der Waals surface area (Å²) in [6.45, 7) is 0. The average Bonchev–Trinajstić information content (AvgIpc) is 2.77. The number of hydrogen-bond donors (Lipinski definition) is 1. The van der Waals surface area contributed by atoms with Crippen molar-refractivity contribution < 1.29 is 17.9 Å². The van der Waals surface area contributed by atoms with E-state index < -0.39 is 9.84 Å². The molecule has 0 spiro atoms. The van der Waals surface area contributed by atoms with Crippen LogP contribution in [0.5, 0.6) is 11.5 Å². The quantitative estimate of drug-likeness (QED) is 0.897. The summed E-state index contributed by atoms with van der Waals surface area (Å²) in [7, 11) is 0.221. The molecule has 1 aromatic carbocycles. The number of benzene rings is 1. The SMILES string of the molecule is COc1ccc(C(N)C2CCS(=O)(=O)C2)c(OC)c1. The van der Waals surface area contributed by atoms with E-state index in [1.807, 2.05) is 6.07 Å². The summed E-state index contributed by atoms with van der Waals surface area (Å²) >= 11 is 0. The van der Waals surface area contributed by atoms with E-state index in [9.17, 15) is 8.42 Å². The van der Waals surface area contributed by atoms with Gasteiger partial charge in [0.05, 0.1) is 25.7 Å². The Labute approximate surface area is 113 Å². The Morgan fingerprint density at radius 1 is 1.32 bits per heavy atom. The minimum absolute atomic E-state index is 0.0488. The van der Waals surface area contributed by atoms with Crippen molar-refractivity contribution in [2.75, 3.05) is 25.7 Å². The summed E-state index contributed by atoms with van der Waals surface area (Å²) in [4.78, 5) is 0. The minimum atomic E-state index is -2.93. The second-order valence-electron chi connectivity index (χ2n) is 4.80. The molecule has 0 saturated carbocycles. The van der Waals surface area contributed by atoms with Gasteiger partial charge >= 0.3 is 0 Å². The van der Waals surface area contributed by atoms with Gasteiger partial charge in [0, 0.05) is 17.7 Å². The van der Waals surface area contributed by atoms with E-state index in [0.29, 0.717) is 17.9 Å². The van der Waals surface area contributed by atoms with E-state index in [2.05, 4.69) is 0 Å². The fourth-order valence-corrected chi connectivity index (χ4v) is 4.31. The molecule has 5 nitrogen and oxygen atoms in total. The zero-order valence-corrected chi connectivity index (χ0v) is 11.9. The van der Waals surface area contributed by atoms with Gasteiger partial charge in [-0.05, 0) is 18.4 Å². The van der Waals surface area contributed by atoms with Gasteiger partial charge in [0.2, 0.25) is 0 Å². The Bertz CT molecular complexity index is 556. The zero-order chi connectivity index (χ0) is 14.0. The third-order valence-electron chi connectivity index (χ3n) is 3.58. The van der Waals surface area contributed by atoms with Gasteiger partial charge in [-0.15, -0.1) is 0 Å². The molecule has 2 N–H and O–H groups in total. The molecule has 0 aromatic heterocycles. The largest absolute Gasteiger partial charge is 0.497 e. The minimum Gasteiger partial charge on any atom is -0.497 e. The molecule has 0 bridgehead atoms. The highest BCUT2D eigenvalue weighted by Crippen LogP contribution is 2.35. The maximum atomic E-state index is 11.5. The zero-order valence-electron chi connectivity index (χ0n) is 11.1. The lowest BCUT2D eigenvalue weighted by Crippen LogP contribution is -2.23. The molecule has 2 rings (SSSR count). The molecule has 0 aliphatic carbocycles. The first-order valence-corrected chi connectivity index (χ1v) is 7.97. The molecule has 1 heterocycles. The lowest BCUT2D eigenvalue weighted by atomic mass is 9.92. The molecule has 1 fully saturated rings. The number of hydrogen-bond acceptors (Lipinski definition) is 5. The number of rotatable bonds is 4. The third-order valence-corrected chi connectivity index (χ3v) is 5.37.